The van der Waals surface area contributed by atoms with Gasteiger partial charge in [0.15, 0.2) is 0 Å². The molecule has 4 nitrogen and oxygen atoms in total. The summed E-state index contributed by atoms with van der Waals surface area (Å²) in [7, 11) is 0. The molecule has 0 aliphatic carbocycles. The topological polar surface area (TPSA) is 41.1 Å². The van der Waals surface area contributed by atoms with Crippen molar-refractivity contribution < 1.29 is 0 Å². The minimum atomic E-state index is 0.667. The lowest BCUT2D eigenvalue weighted by atomic mass is 9.99. The number of aromatic nitrogens is 2. The molecule has 0 atom stereocenters. The second-order valence-electron chi connectivity index (χ2n) is 6.45. The largest absolute Gasteiger partial charge is 0.356 e. The SMILES string of the molecule is Cc1cc(N2CCC(C)CC2)nc(Nc2ccc(Br)c(C)c2)n1. The molecule has 1 aromatic heterocycles. The molecule has 1 aliphatic rings. The second kappa shape index (κ2) is 6.87. The zero-order chi connectivity index (χ0) is 16.4. The summed E-state index contributed by atoms with van der Waals surface area (Å²) in [5.74, 6) is 2.51. The van der Waals surface area contributed by atoms with E-state index in [9.17, 15) is 0 Å². The van der Waals surface area contributed by atoms with Crippen LogP contribution in [0.4, 0.5) is 17.5 Å². The van der Waals surface area contributed by atoms with Gasteiger partial charge in [-0.25, -0.2) is 4.98 Å². The molecule has 0 amide bonds. The molecule has 0 bridgehead atoms. The van der Waals surface area contributed by atoms with Gasteiger partial charge in [0, 0.05) is 35.0 Å². The Hall–Kier alpha value is -1.62. The van der Waals surface area contributed by atoms with E-state index in [4.69, 9.17) is 4.98 Å². The van der Waals surface area contributed by atoms with Crippen molar-refractivity contribution in [1.29, 1.82) is 0 Å². The highest BCUT2D eigenvalue weighted by Crippen LogP contribution is 2.25. The van der Waals surface area contributed by atoms with E-state index in [1.165, 1.54) is 18.4 Å². The molecule has 2 heterocycles. The molecule has 122 valence electrons. The molecule has 1 aromatic carbocycles. The minimum Gasteiger partial charge on any atom is -0.356 e. The molecule has 0 unspecified atom stereocenters. The van der Waals surface area contributed by atoms with Crippen molar-refractivity contribution in [2.24, 2.45) is 5.92 Å². The van der Waals surface area contributed by atoms with E-state index in [2.05, 4.69) is 57.1 Å². The van der Waals surface area contributed by atoms with Gasteiger partial charge in [-0.3, -0.25) is 0 Å². The molecular weight excluding hydrogens is 352 g/mol. The fourth-order valence-electron chi connectivity index (χ4n) is 2.86. The summed E-state index contributed by atoms with van der Waals surface area (Å²) >= 11 is 3.53. The van der Waals surface area contributed by atoms with Gasteiger partial charge >= 0.3 is 0 Å². The van der Waals surface area contributed by atoms with Crippen LogP contribution in [0.3, 0.4) is 0 Å². The predicted octanol–water partition coefficient (Wildman–Crippen LogP) is 4.84. The standard InChI is InChI=1S/C18H23BrN4/c1-12-6-8-23(9-7-12)17-11-14(3)20-18(22-17)21-15-4-5-16(19)13(2)10-15/h4-5,10-12H,6-9H2,1-3H3,(H,20,21,22). The second-order valence-corrected chi connectivity index (χ2v) is 7.30. The Morgan fingerprint density at radius 2 is 1.87 bits per heavy atom. The van der Waals surface area contributed by atoms with E-state index in [0.29, 0.717) is 5.95 Å². The van der Waals surface area contributed by atoms with Crippen LogP contribution in [0.15, 0.2) is 28.7 Å². The molecule has 2 aromatic rings. The van der Waals surface area contributed by atoms with Crippen LogP contribution < -0.4 is 10.2 Å². The molecule has 1 fully saturated rings. The monoisotopic (exact) mass is 374 g/mol. The first-order valence-corrected chi connectivity index (χ1v) is 8.94. The Kier molecular flexibility index (Phi) is 4.85. The molecule has 5 heteroatoms. The Morgan fingerprint density at radius 3 is 2.57 bits per heavy atom. The number of hydrogen-bond donors (Lipinski definition) is 1. The van der Waals surface area contributed by atoms with E-state index in [-0.39, 0.29) is 0 Å². The molecular formula is C18H23BrN4. The summed E-state index contributed by atoms with van der Waals surface area (Å²) < 4.78 is 1.11. The van der Waals surface area contributed by atoms with Gasteiger partial charge in [-0.1, -0.05) is 22.9 Å². The van der Waals surface area contributed by atoms with Crippen LogP contribution in [0.25, 0.3) is 0 Å². The Bertz CT molecular complexity index is 693. The summed E-state index contributed by atoms with van der Waals surface area (Å²) in [5.41, 5.74) is 3.19. The highest BCUT2D eigenvalue weighted by molar-refractivity contribution is 9.10. The van der Waals surface area contributed by atoms with Gasteiger partial charge in [-0.2, -0.15) is 4.98 Å². The van der Waals surface area contributed by atoms with E-state index in [1.807, 2.05) is 19.1 Å². The predicted molar refractivity (Wildman–Crippen MR) is 99.5 cm³/mol. The van der Waals surface area contributed by atoms with Gasteiger partial charge in [-0.15, -0.1) is 0 Å². The lowest BCUT2D eigenvalue weighted by molar-refractivity contribution is 0.436. The summed E-state index contributed by atoms with van der Waals surface area (Å²) in [4.78, 5) is 11.6. The van der Waals surface area contributed by atoms with E-state index in [0.717, 1.165) is 40.7 Å². The molecule has 0 spiro atoms. The van der Waals surface area contributed by atoms with Crippen LogP contribution in [0.1, 0.15) is 31.0 Å². The summed E-state index contributed by atoms with van der Waals surface area (Å²) in [6, 6.07) is 8.25. The normalized spacial score (nSPS) is 15.7. The van der Waals surface area contributed by atoms with Crippen molar-refractivity contribution in [3.63, 3.8) is 0 Å². The molecule has 23 heavy (non-hydrogen) atoms. The number of aryl methyl sites for hydroxylation is 2. The number of halogens is 1. The maximum absolute atomic E-state index is 4.72. The zero-order valence-corrected chi connectivity index (χ0v) is 15.5. The van der Waals surface area contributed by atoms with Gasteiger partial charge in [0.1, 0.15) is 5.82 Å². The van der Waals surface area contributed by atoms with E-state index < -0.39 is 0 Å². The van der Waals surface area contributed by atoms with Crippen molar-refractivity contribution in [3.8, 4) is 0 Å². The number of benzene rings is 1. The maximum Gasteiger partial charge on any atom is 0.229 e. The van der Waals surface area contributed by atoms with Crippen molar-refractivity contribution in [3.05, 3.63) is 40.0 Å². The third kappa shape index (κ3) is 4.02. The first-order chi connectivity index (χ1) is 11.0. The van der Waals surface area contributed by atoms with Crippen LogP contribution in [0.5, 0.6) is 0 Å². The van der Waals surface area contributed by atoms with Crippen LogP contribution in [-0.2, 0) is 0 Å². The smallest absolute Gasteiger partial charge is 0.229 e. The fraction of sp³-hybridized carbons (Fsp3) is 0.444. The first kappa shape index (κ1) is 16.2. The first-order valence-electron chi connectivity index (χ1n) is 8.15. The highest BCUT2D eigenvalue weighted by atomic mass is 79.9. The van der Waals surface area contributed by atoms with Crippen LogP contribution in [-0.4, -0.2) is 23.1 Å². The van der Waals surface area contributed by atoms with Crippen molar-refractivity contribution >= 4 is 33.4 Å². The van der Waals surface area contributed by atoms with E-state index >= 15 is 0 Å². The Morgan fingerprint density at radius 1 is 1.13 bits per heavy atom. The number of piperidine rings is 1. The van der Waals surface area contributed by atoms with E-state index in [1.54, 1.807) is 0 Å². The van der Waals surface area contributed by atoms with Gasteiger partial charge in [0.05, 0.1) is 0 Å². The zero-order valence-electron chi connectivity index (χ0n) is 13.9. The van der Waals surface area contributed by atoms with Gasteiger partial charge in [-0.05, 0) is 56.4 Å². The van der Waals surface area contributed by atoms with Crippen LogP contribution in [0, 0.1) is 19.8 Å². The number of anilines is 3. The number of nitrogens with one attached hydrogen (secondary N) is 1. The summed E-state index contributed by atoms with van der Waals surface area (Å²) in [6.45, 7) is 8.58. The molecule has 1 N–H and O–H groups in total. The van der Waals surface area contributed by atoms with Crippen molar-refractivity contribution in [2.45, 2.75) is 33.6 Å². The Balaban J connectivity index is 1.81. The lowest BCUT2D eigenvalue weighted by Crippen LogP contribution is -2.33. The lowest BCUT2D eigenvalue weighted by Gasteiger charge is -2.31. The number of hydrogen-bond acceptors (Lipinski definition) is 4. The van der Waals surface area contributed by atoms with Crippen LogP contribution >= 0.6 is 15.9 Å². The quantitative estimate of drug-likeness (QED) is 0.834. The maximum atomic E-state index is 4.72. The molecule has 0 radical (unpaired) electrons. The van der Waals surface area contributed by atoms with Gasteiger partial charge in [0.2, 0.25) is 5.95 Å². The summed E-state index contributed by atoms with van der Waals surface area (Å²) in [5, 5.41) is 3.33. The average molecular weight is 375 g/mol. The molecule has 0 saturated carbocycles. The molecule has 1 saturated heterocycles. The van der Waals surface area contributed by atoms with Gasteiger partial charge < -0.3 is 10.2 Å². The number of rotatable bonds is 3. The third-order valence-electron chi connectivity index (χ3n) is 4.36. The molecule has 1 aliphatic heterocycles. The average Bonchev–Trinajstić information content (AvgIpc) is 2.51. The third-order valence-corrected chi connectivity index (χ3v) is 5.25. The fourth-order valence-corrected chi connectivity index (χ4v) is 3.11. The van der Waals surface area contributed by atoms with Crippen molar-refractivity contribution in [1.82, 2.24) is 9.97 Å². The minimum absolute atomic E-state index is 0.667. The number of nitrogens with zero attached hydrogens (tertiary/aromatic N) is 3. The van der Waals surface area contributed by atoms with Crippen molar-refractivity contribution in [2.75, 3.05) is 23.3 Å². The molecule has 3 rings (SSSR count). The Labute approximate surface area is 146 Å². The highest BCUT2D eigenvalue weighted by Gasteiger charge is 2.18. The summed E-state index contributed by atoms with van der Waals surface area (Å²) in [6.07, 6.45) is 2.47. The van der Waals surface area contributed by atoms with Gasteiger partial charge in [0.25, 0.3) is 0 Å². The van der Waals surface area contributed by atoms with Crippen LogP contribution in [0.2, 0.25) is 0 Å².